The quantitative estimate of drug-likeness (QED) is 0.580. The zero-order valence-electron chi connectivity index (χ0n) is 13.0. The summed E-state index contributed by atoms with van der Waals surface area (Å²) in [6.45, 7) is 1.83. The number of nitrogens with one attached hydrogen (secondary N) is 2. The molecule has 0 radical (unpaired) electrons. The molecule has 1 fully saturated rings. The molecule has 2 N–H and O–H groups in total. The number of benzene rings is 1. The molecule has 2 rings (SSSR count). The van der Waals surface area contributed by atoms with Crippen molar-refractivity contribution < 1.29 is 14.5 Å². The van der Waals surface area contributed by atoms with Gasteiger partial charge in [0, 0.05) is 24.4 Å². The molecule has 0 saturated carbocycles. The Labute approximate surface area is 139 Å². The lowest BCUT2D eigenvalue weighted by atomic mass is 10.1. The van der Waals surface area contributed by atoms with E-state index in [9.17, 15) is 14.9 Å². The highest BCUT2D eigenvalue weighted by atomic mass is 32.2. The molecule has 0 unspecified atom stereocenters. The normalized spacial score (nSPS) is 17.5. The molecule has 126 valence electrons. The van der Waals surface area contributed by atoms with Gasteiger partial charge in [-0.2, -0.15) is 0 Å². The maximum absolute atomic E-state index is 11.9. The largest absolute Gasteiger partial charge is 0.490 e. The van der Waals surface area contributed by atoms with Crippen LogP contribution in [0, 0.1) is 10.1 Å². The van der Waals surface area contributed by atoms with Gasteiger partial charge in [0.05, 0.1) is 17.8 Å². The van der Waals surface area contributed by atoms with E-state index in [1.807, 2.05) is 0 Å². The van der Waals surface area contributed by atoms with Gasteiger partial charge in [0.1, 0.15) is 0 Å². The molecule has 1 heterocycles. The van der Waals surface area contributed by atoms with Gasteiger partial charge in [-0.05, 0) is 31.0 Å². The van der Waals surface area contributed by atoms with Gasteiger partial charge in [0.2, 0.25) is 5.91 Å². The van der Waals surface area contributed by atoms with Crippen LogP contribution in [0.5, 0.6) is 5.75 Å². The van der Waals surface area contributed by atoms with Crippen molar-refractivity contribution in [2.24, 2.45) is 0 Å². The van der Waals surface area contributed by atoms with Crippen LogP contribution in [0.1, 0.15) is 18.4 Å². The Bertz CT molecular complexity index is 562. The molecule has 1 amide bonds. The summed E-state index contributed by atoms with van der Waals surface area (Å²) >= 11 is 1.44. The summed E-state index contributed by atoms with van der Waals surface area (Å²) < 4.78 is 4.97. The predicted molar refractivity (Wildman–Crippen MR) is 89.8 cm³/mol. The highest BCUT2D eigenvalue weighted by Crippen LogP contribution is 2.28. The average Bonchev–Trinajstić information content (AvgIpc) is 2.55. The van der Waals surface area contributed by atoms with Gasteiger partial charge in [-0.3, -0.25) is 14.9 Å². The molecule has 0 spiro atoms. The lowest BCUT2D eigenvalue weighted by Crippen LogP contribution is -2.46. The van der Waals surface area contributed by atoms with Crippen LogP contribution >= 0.6 is 11.8 Å². The summed E-state index contributed by atoms with van der Waals surface area (Å²) in [4.78, 5) is 22.4. The van der Waals surface area contributed by atoms with Crippen molar-refractivity contribution in [3.05, 3.63) is 33.9 Å². The summed E-state index contributed by atoms with van der Waals surface area (Å²) in [7, 11) is 1.40. The minimum absolute atomic E-state index is 0.00621. The zero-order valence-corrected chi connectivity index (χ0v) is 13.9. The van der Waals surface area contributed by atoms with E-state index in [0.29, 0.717) is 11.5 Å². The minimum Gasteiger partial charge on any atom is -0.490 e. The number of piperidine rings is 1. The van der Waals surface area contributed by atoms with E-state index in [1.165, 1.54) is 24.9 Å². The minimum atomic E-state index is -0.463. The maximum Gasteiger partial charge on any atom is 0.311 e. The summed E-state index contributed by atoms with van der Waals surface area (Å²) in [5.41, 5.74) is 0.748. The number of nitro benzene ring substituents is 1. The molecule has 23 heavy (non-hydrogen) atoms. The Morgan fingerprint density at radius 1 is 1.57 bits per heavy atom. The molecule has 1 aliphatic rings. The Morgan fingerprint density at radius 3 is 3.04 bits per heavy atom. The van der Waals surface area contributed by atoms with Gasteiger partial charge in [-0.1, -0.05) is 6.07 Å². The zero-order chi connectivity index (χ0) is 16.7. The lowest BCUT2D eigenvalue weighted by molar-refractivity contribution is -0.385. The van der Waals surface area contributed by atoms with E-state index < -0.39 is 4.92 Å². The summed E-state index contributed by atoms with van der Waals surface area (Å²) in [6.07, 6.45) is 2.09. The second kappa shape index (κ2) is 8.73. The van der Waals surface area contributed by atoms with Gasteiger partial charge in [-0.25, -0.2) is 0 Å². The molecule has 0 aromatic heterocycles. The standard InChI is InChI=1S/C15H21N3O4S/c1-22-14-5-4-11(7-13(14)18(20)21)9-23-10-15(19)17-12-3-2-6-16-8-12/h4-5,7,12,16H,2-3,6,8-10H2,1H3,(H,17,19)/t12-/m0/s1. The van der Waals surface area contributed by atoms with Gasteiger partial charge in [0.15, 0.2) is 5.75 Å². The van der Waals surface area contributed by atoms with Crippen LogP contribution in [-0.4, -0.2) is 42.8 Å². The van der Waals surface area contributed by atoms with Crippen LogP contribution < -0.4 is 15.4 Å². The van der Waals surface area contributed by atoms with Crippen molar-refractivity contribution in [2.75, 3.05) is 26.0 Å². The van der Waals surface area contributed by atoms with Crippen LogP contribution in [0.15, 0.2) is 18.2 Å². The fourth-order valence-corrected chi connectivity index (χ4v) is 3.26. The number of nitro groups is 1. The molecule has 1 aliphatic heterocycles. The third-order valence-corrected chi connectivity index (χ3v) is 4.61. The Kier molecular flexibility index (Phi) is 6.66. The number of ether oxygens (including phenoxy) is 1. The fourth-order valence-electron chi connectivity index (χ4n) is 2.47. The second-order valence-corrected chi connectivity index (χ2v) is 6.35. The molecule has 1 aromatic carbocycles. The predicted octanol–water partition coefficient (Wildman–Crippen LogP) is 1.70. The molecular formula is C15H21N3O4S. The molecule has 8 heteroatoms. The lowest BCUT2D eigenvalue weighted by Gasteiger charge is -2.23. The second-order valence-electron chi connectivity index (χ2n) is 5.37. The number of methoxy groups -OCH3 is 1. The molecule has 7 nitrogen and oxygen atoms in total. The third-order valence-electron chi connectivity index (χ3n) is 3.60. The average molecular weight is 339 g/mol. The van der Waals surface area contributed by atoms with Crippen molar-refractivity contribution in [3.63, 3.8) is 0 Å². The first kappa shape index (κ1) is 17.6. The Morgan fingerprint density at radius 2 is 2.39 bits per heavy atom. The Balaban J connectivity index is 1.80. The van der Waals surface area contributed by atoms with Crippen molar-refractivity contribution in [1.29, 1.82) is 0 Å². The van der Waals surface area contributed by atoms with Crippen molar-refractivity contribution in [2.45, 2.75) is 24.6 Å². The maximum atomic E-state index is 11.9. The van der Waals surface area contributed by atoms with Crippen molar-refractivity contribution in [3.8, 4) is 5.75 Å². The fraction of sp³-hybridized carbons (Fsp3) is 0.533. The number of rotatable bonds is 7. The van der Waals surface area contributed by atoms with Crippen LogP contribution in [0.3, 0.4) is 0 Å². The van der Waals surface area contributed by atoms with Crippen LogP contribution in [0.25, 0.3) is 0 Å². The summed E-state index contributed by atoms with van der Waals surface area (Å²) in [6, 6.07) is 5.07. The highest BCUT2D eigenvalue weighted by molar-refractivity contribution is 7.99. The summed E-state index contributed by atoms with van der Waals surface area (Å²) in [5, 5.41) is 17.2. The first-order valence-corrected chi connectivity index (χ1v) is 8.64. The number of amides is 1. The molecular weight excluding hydrogens is 318 g/mol. The van der Waals surface area contributed by atoms with Crippen LogP contribution in [-0.2, 0) is 10.5 Å². The number of carbonyl (C=O) groups excluding carboxylic acids is 1. The molecule has 1 saturated heterocycles. The first-order valence-electron chi connectivity index (χ1n) is 7.49. The smallest absolute Gasteiger partial charge is 0.311 e. The van der Waals surface area contributed by atoms with Crippen molar-refractivity contribution in [1.82, 2.24) is 10.6 Å². The van der Waals surface area contributed by atoms with Gasteiger partial charge in [0.25, 0.3) is 0 Å². The number of thioether (sulfide) groups is 1. The third kappa shape index (κ3) is 5.40. The van der Waals surface area contributed by atoms with Gasteiger partial charge in [-0.15, -0.1) is 11.8 Å². The Hall–Kier alpha value is -1.80. The van der Waals surface area contributed by atoms with E-state index in [-0.39, 0.29) is 23.4 Å². The molecule has 1 aromatic rings. The number of hydrogen-bond acceptors (Lipinski definition) is 6. The van der Waals surface area contributed by atoms with E-state index >= 15 is 0 Å². The van der Waals surface area contributed by atoms with Gasteiger partial charge < -0.3 is 15.4 Å². The van der Waals surface area contributed by atoms with Crippen LogP contribution in [0.4, 0.5) is 5.69 Å². The first-order chi connectivity index (χ1) is 11.1. The number of carbonyl (C=O) groups is 1. The molecule has 0 bridgehead atoms. The highest BCUT2D eigenvalue weighted by Gasteiger charge is 2.17. The molecule has 1 atom stereocenters. The monoisotopic (exact) mass is 339 g/mol. The van der Waals surface area contributed by atoms with E-state index in [4.69, 9.17) is 4.74 Å². The number of nitrogens with zero attached hydrogens (tertiary/aromatic N) is 1. The summed E-state index contributed by atoms with van der Waals surface area (Å²) in [5.74, 6) is 1.13. The molecule has 0 aliphatic carbocycles. The topological polar surface area (TPSA) is 93.5 Å². The van der Waals surface area contributed by atoms with E-state index in [2.05, 4.69) is 10.6 Å². The number of hydrogen-bond donors (Lipinski definition) is 2. The SMILES string of the molecule is COc1ccc(CSCC(=O)N[C@H]2CCCNC2)cc1[N+](=O)[O-]. The van der Waals surface area contributed by atoms with Crippen LogP contribution in [0.2, 0.25) is 0 Å². The van der Waals surface area contributed by atoms with Gasteiger partial charge >= 0.3 is 5.69 Å². The van der Waals surface area contributed by atoms with Crippen molar-refractivity contribution >= 4 is 23.4 Å². The van der Waals surface area contributed by atoms with E-state index in [0.717, 1.165) is 31.5 Å². The van der Waals surface area contributed by atoms with E-state index in [1.54, 1.807) is 12.1 Å².